The summed E-state index contributed by atoms with van der Waals surface area (Å²) in [5.74, 6) is 0. The minimum atomic E-state index is 0.193. The first-order valence-corrected chi connectivity index (χ1v) is 8.29. The van der Waals surface area contributed by atoms with E-state index in [4.69, 9.17) is 0 Å². The molecule has 0 aromatic rings. The number of aliphatic hydroxyl groups excluding tert-OH is 1. The van der Waals surface area contributed by atoms with Crippen molar-refractivity contribution in [3.05, 3.63) is 0 Å². The van der Waals surface area contributed by atoms with Crippen molar-refractivity contribution in [3.63, 3.8) is 0 Å². The molecule has 0 heterocycles. The van der Waals surface area contributed by atoms with Gasteiger partial charge in [0.1, 0.15) is 0 Å². The van der Waals surface area contributed by atoms with Gasteiger partial charge in [-0.1, -0.05) is 85.0 Å². The molecule has 1 atom stereocenters. The Bertz CT molecular complexity index is 167. The van der Waals surface area contributed by atoms with Crippen LogP contribution in [0, 0.1) is 5.41 Å². The van der Waals surface area contributed by atoms with Gasteiger partial charge in [-0.05, 0) is 18.3 Å². The van der Waals surface area contributed by atoms with Gasteiger partial charge in [0, 0.05) is 6.61 Å². The monoisotopic (exact) mass is 256 g/mol. The summed E-state index contributed by atoms with van der Waals surface area (Å²) in [5.41, 5.74) is 0.193. The molecule has 0 aliphatic heterocycles. The molecule has 0 bridgehead atoms. The molecule has 0 saturated carbocycles. The van der Waals surface area contributed by atoms with E-state index in [2.05, 4.69) is 20.8 Å². The summed E-state index contributed by atoms with van der Waals surface area (Å²) in [6.07, 6.45) is 15.8. The molecule has 0 aliphatic rings. The summed E-state index contributed by atoms with van der Waals surface area (Å²) in [7, 11) is 0. The number of hydrogen-bond donors (Lipinski definition) is 1. The maximum Gasteiger partial charge on any atom is 0.0484 e. The molecule has 110 valence electrons. The predicted octanol–water partition coefficient (Wildman–Crippen LogP) is 5.71. The Labute approximate surface area is 115 Å². The SMILES string of the molecule is CCCCCCCC[C@@](C)(CO)CCCCCC. The fraction of sp³-hybridized carbons (Fsp3) is 1.00. The van der Waals surface area contributed by atoms with E-state index >= 15 is 0 Å². The highest BCUT2D eigenvalue weighted by Crippen LogP contribution is 2.30. The first kappa shape index (κ1) is 18.0. The highest BCUT2D eigenvalue weighted by Gasteiger charge is 2.21. The predicted molar refractivity (Wildman–Crippen MR) is 81.9 cm³/mol. The second-order valence-electron chi connectivity index (χ2n) is 6.30. The van der Waals surface area contributed by atoms with Crippen molar-refractivity contribution in [1.29, 1.82) is 0 Å². The third-order valence-electron chi connectivity index (χ3n) is 4.15. The number of aliphatic hydroxyl groups is 1. The van der Waals surface area contributed by atoms with E-state index in [-0.39, 0.29) is 5.41 Å². The average Bonchev–Trinajstić information content (AvgIpc) is 2.39. The summed E-state index contributed by atoms with van der Waals surface area (Å²) >= 11 is 0. The van der Waals surface area contributed by atoms with E-state index < -0.39 is 0 Å². The summed E-state index contributed by atoms with van der Waals surface area (Å²) in [5, 5.41) is 9.58. The molecular weight excluding hydrogens is 220 g/mol. The van der Waals surface area contributed by atoms with Gasteiger partial charge in [-0.15, -0.1) is 0 Å². The molecule has 1 N–H and O–H groups in total. The van der Waals surface area contributed by atoms with Crippen molar-refractivity contribution < 1.29 is 5.11 Å². The molecule has 0 unspecified atom stereocenters. The molecule has 0 fully saturated rings. The zero-order chi connectivity index (χ0) is 13.7. The highest BCUT2D eigenvalue weighted by molar-refractivity contribution is 4.73. The first-order chi connectivity index (χ1) is 8.68. The van der Waals surface area contributed by atoms with E-state index in [0.717, 1.165) is 0 Å². The zero-order valence-corrected chi connectivity index (χ0v) is 13.1. The van der Waals surface area contributed by atoms with Crippen LogP contribution in [0.2, 0.25) is 0 Å². The lowest BCUT2D eigenvalue weighted by molar-refractivity contribution is 0.116. The minimum Gasteiger partial charge on any atom is -0.396 e. The van der Waals surface area contributed by atoms with Crippen LogP contribution in [-0.2, 0) is 0 Å². The molecule has 0 amide bonds. The van der Waals surface area contributed by atoms with Crippen molar-refractivity contribution in [1.82, 2.24) is 0 Å². The van der Waals surface area contributed by atoms with E-state index in [1.165, 1.54) is 77.0 Å². The lowest BCUT2D eigenvalue weighted by Gasteiger charge is -2.27. The maximum absolute atomic E-state index is 9.58. The summed E-state index contributed by atoms with van der Waals surface area (Å²) < 4.78 is 0. The molecule has 0 aromatic heterocycles. The Kier molecular flexibility index (Phi) is 12.0. The highest BCUT2D eigenvalue weighted by atomic mass is 16.3. The summed E-state index contributed by atoms with van der Waals surface area (Å²) in [4.78, 5) is 0. The van der Waals surface area contributed by atoms with Gasteiger partial charge in [-0.25, -0.2) is 0 Å². The van der Waals surface area contributed by atoms with Gasteiger partial charge in [-0.2, -0.15) is 0 Å². The van der Waals surface area contributed by atoms with Gasteiger partial charge in [-0.3, -0.25) is 0 Å². The quantitative estimate of drug-likeness (QED) is 0.419. The van der Waals surface area contributed by atoms with Crippen LogP contribution in [-0.4, -0.2) is 11.7 Å². The summed E-state index contributed by atoms with van der Waals surface area (Å²) in [6, 6.07) is 0. The van der Waals surface area contributed by atoms with Crippen molar-refractivity contribution in [3.8, 4) is 0 Å². The number of unbranched alkanes of at least 4 members (excludes halogenated alkanes) is 8. The minimum absolute atomic E-state index is 0.193. The van der Waals surface area contributed by atoms with Gasteiger partial charge in [0.05, 0.1) is 0 Å². The Morgan fingerprint density at radius 1 is 0.667 bits per heavy atom. The third-order valence-corrected chi connectivity index (χ3v) is 4.15. The zero-order valence-electron chi connectivity index (χ0n) is 13.1. The van der Waals surface area contributed by atoms with Crippen molar-refractivity contribution in [2.45, 2.75) is 97.8 Å². The second-order valence-corrected chi connectivity index (χ2v) is 6.30. The smallest absolute Gasteiger partial charge is 0.0484 e. The average molecular weight is 256 g/mol. The van der Waals surface area contributed by atoms with Crippen LogP contribution in [0.4, 0.5) is 0 Å². The van der Waals surface area contributed by atoms with Gasteiger partial charge in [0.15, 0.2) is 0 Å². The summed E-state index contributed by atoms with van der Waals surface area (Å²) in [6.45, 7) is 7.15. The fourth-order valence-corrected chi connectivity index (χ4v) is 2.59. The second kappa shape index (κ2) is 12.0. The molecule has 0 spiro atoms. The number of hydrogen-bond acceptors (Lipinski definition) is 1. The molecule has 0 aromatic carbocycles. The number of rotatable bonds is 13. The lowest BCUT2D eigenvalue weighted by Crippen LogP contribution is -2.21. The fourth-order valence-electron chi connectivity index (χ4n) is 2.59. The van der Waals surface area contributed by atoms with E-state index in [0.29, 0.717) is 6.61 Å². The molecule has 0 rings (SSSR count). The Balaban J connectivity index is 3.58. The standard InChI is InChI=1S/C17H36O/c1-4-6-8-10-11-13-15-17(3,16-18)14-12-9-7-5-2/h18H,4-16H2,1-3H3/t17-/m0/s1. The largest absolute Gasteiger partial charge is 0.396 e. The molecule has 1 heteroatoms. The molecule has 0 saturated heterocycles. The third kappa shape index (κ3) is 9.94. The molecule has 1 nitrogen and oxygen atoms in total. The van der Waals surface area contributed by atoms with Crippen molar-refractivity contribution in [2.75, 3.05) is 6.61 Å². The Morgan fingerprint density at radius 2 is 1.06 bits per heavy atom. The van der Waals surface area contributed by atoms with E-state index in [9.17, 15) is 5.11 Å². The van der Waals surface area contributed by atoms with Crippen molar-refractivity contribution >= 4 is 0 Å². The van der Waals surface area contributed by atoms with Crippen LogP contribution in [0.15, 0.2) is 0 Å². The van der Waals surface area contributed by atoms with Crippen LogP contribution < -0.4 is 0 Å². The van der Waals surface area contributed by atoms with E-state index in [1.54, 1.807) is 0 Å². The Hall–Kier alpha value is -0.0400. The molecular formula is C17H36O. The molecule has 18 heavy (non-hydrogen) atoms. The van der Waals surface area contributed by atoms with Crippen LogP contribution in [0.25, 0.3) is 0 Å². The Morgan fingerprint density at radius 3 is 1.50 bits per heavy atom. The van der Waals surface area contributed by atoms with Crippen LogP contribution in [0.5, 0.6) is 0 Å². The van der Waals surface area contributed by atoms with Crippen LogP contribution in [0.3, 0.4) is 0 Å². The topological polar surface area (TPSA) is 20.2 Å². The lowest BCUT2D eigenvalue weighted by atomic mass is 9.80. The van der Waals surface area contributed by atoms with Crippen LogP contribution in [0.1, 0.15) is 97.8 Å². The van der Waals surface area contributed by atoms with Crippen LogP contribution >= 0.6 is 0 Å². The van der Waals surface area contributed by atoms with Gasteiger partial charge < -0.3 is 5.11 Å². The van der Waals surface area contributed by atoms with E-state index in [1.807, 2.05) is 0 Å². The molecule has 0 radical (unpaired) electrons. The first-order valence-electron chi connectivity index (χ1n) is 8.29. The maximum atomic E-state index is 9.58. The van der Waals surface area contributed by atoms with Crippen molar-refractivity contribution in [2.24, 2.45) is 5.41 Å². The van der Waals surface area contributed by atoms with Gasteiger partial charge >= 0.3 is 0 Å². The normalized spacial score (nSPS) is 14.7. The molecule has 0 aliphatic carbocycles. The van der Waals surface area contributed by atoms with Gasteiger partial charge in [0.25, 0.3) is 0 Å². The van der Waals surface area contributed by atoms with Gasteiger partial charge in [0.2, 0.25) is 0 Å².